The van der Waals surface area contributed by atoms with Crippen LogP contribution in [0.4, 0.5) is 0 Å². The van der Waals surface area contributed by atoms with Gasteiger partial charge in [0.1, 0.15) is 6.04 Å². The monoisotopic (exact) mass is 270 g/mol. The zero-order valence-electron chi connectivity index (χ0n) is 10.3. The van der Waals surface area contributed by atoms with Gasteiger partial charge in [0.15, 0.2) is 5.82 Å². The number of carboxylic acid groups (broad SMARTS) is 1. The van der Waals surface area contributed by atoms with Gasteiger partial charge in [-0.2, -0.15) is 4.98 Å². The molecule has 0 saturated heterocycles. The van der Waals surface area contributed by atoms with Gasteiger partial charge in [-0.05, 0) is 6.92 Å². The number of carboxylic acids is 1. The van der Waals surface area contributed by atoms with Crippen molar-refractivity contribution in [1.29, 1.82) is 0 Å². The molecular weight excluding hydrogens is 256 g/mol. The third-order valence-corrected chi connectivity index (χ3v) is 2.17. The van der Waals surface area contributed by atoms with Crippen LogP contribution in [-0.4, -0.2) is 39.1 Å². The lowest BCUT2D eigenvalue weighted by atomic mass is 10.2. The van der Waals surface area contributed by atoms with Crippen molar-refractivity contribution in [2.24, 2.45) is 5.73 Å². The molecular formula is C10H14N4O5. The first-order chi connectivity index (χ1) is 8.88. The molecule has 1 rings (SSSR count). The maximum atomic E-state index is 11.5. The highest BCUT2D eigenvalue weighted by atomic mass is 16.5. The molecule has 1 aromatic heterocycles. The maximum absolute atomic E-state index is 11.5. The zero-order chi connectivity index (χ0) is 14.4. The highest BCUT2D eigenvalue weighted by Crippen LogP contribution is 2.01. The molecule has 0 fully saturated rings. The van der Waals surface area contributed by atoms with Gasteiger partial charge in [0.2, 0.25) is 17.7 Å². The summed E-state index contributed by atoms with van der Waals surface area (Å²) in [6.45, 7) is 1.64. The number of carbonyl (C=O) groups excluding carboxylic acids is 2. The van der Waals surface area contributed by atoms with Crippen LogP contribution in [0.2, 0.25) is 0 Å². The van der Waals surface area contributed by atoms with E-state index in [2.05, 4.69) is 15.5 Å². The molecule has 0 aliphatic heterocycles. The van der Waals surface area contributed by atoms with E-state index >= 15 is 0 Å². The van der Waals surface area contributed by atoms with Crippen molar-refractivity contribution in [3.05, 3.63) is 11.7 Å². The fourth-order valence-corrected chi connectivity index (χ4v) is 1.33. The summed E-state index contributed by atoms with van der Waals surface area (Å²) in [7, 11) is 0. The Labute approximate surface area is 108 Å². The molecule has 1 atom stereocenters. The van der Waals surface area contributed by atoms with E-state index in [4.69, 9.17) is 15.4 Å². The van der Waals surface area contributed by atoms with Gasteiger partial charge in [-0.3, -0.25) is 9.59 Å². The molecule has 9 heteroatoms. The van der Waals surface area contributed by atoms with Crippen LogP contribution < -0.4 is 11.1 Å². The van der Waals surface area contributed by atoms with E-state index in [1.54, 1.807) is 6.92 Å². The van der Waals surface area contributed by atoms with Crippen molar-refractivity contribution >= 4 is 17.8 Å². The molecule has 0 bridgehead atoms. The predicted octanol–water partition coefficient (Wildman–Crippen LogP) is -1.24. The van der Waals surface area contributed by atoms with Crippen LogP contribution in [0.3, 0.4) is 0 Å². The van der Waals surface area contributed by atoms with Gasteiger partial charge in [0, 0.05) is 12.8 Å². The summed E-state index contributed by atoms with van der Waals surface area (Å²) in [6, 6.07) is -1.32. The fourth-order valence-electron chi connectivity index (χ4n) is 1.33. The minimum absolute atomic E-state index is 0.0236. The molecule has 0 radical (unpaired) electrons. The summed E-state index contributed by atoms with van der Waals surface area (Å²) in [5.74, 6) is -1.92. The van der Waals surface area contributed by atoms with E-state index in [9.17, 15) is 14.4 Å². The minimum Gasteiger partial charge on any atom is -0.480 e. The van der Waals surface area contributed by atoms with Crippen LogP contribution in [0.15, 0.2) is 4.52 Å². The quantitative estimate of drug-likeness (QED) is 0.560. The largest absolute Gasteiger partial charge is 0.480 e. The second kappa shape index (κ2) is 6.47. The zero-order valence-corrected chi connectivity index (χ0v) is 10.3. The van der Waals surface area contributed by atoms with Crippen molar-refractivity contribution in [2.75, 3.05) is 0 Å². The first kappa shape index (κ1) is 14.6. The lowest BCUT2D eigenvalue weighted by molar-refractivity contribution is -0.143. The van der Waals surface area contributed by atoms with Crippen molar-refractivity contribution in [3.63, 3.8) is 0 Å². The normalized spacial score (nSPS) is 11.8. The highest BCUT2D eigenvalue weighted by molar-refractivity contribution is 5.88. The Hall–Kier alpha value is -2.45. The molecule has 9 nitrogen and oxygen atoms in total. The molecule has 0 unspecified atom stereocenters. The Kier molecular flexibility index (Phi) is 4.98. The maximum Gasteiger partial charge on any atom is 0.326 e. The van der Waals surface area contributed by atoms with Gasteiger partial charge in [0.25, 0.3) is 0 Å². The molecule has 0 saturated carbocycles. The Morgan fingerprint density at radius 2 is 2.16 bits per heavy atom. The van der Waals surface area contributed by atoms with E-state index in [1.165, 1.54) is 0 Å². The number of carbonyl (C=O) groups is 3. The first-order valence-corrected chi connectivity index (χ1v) is 5.48. The Bertz CT molecular complexity index is 484. The van der Waals surface area contributed by atoms with E-state index < -0.39 is 30.2 Å². The van der Waals surface area contributed by atoms with Crippen molar-refractivity contribution in [2.45, 2.75) is 32.2 Å². The molecule has 104 valence electrons. The number of rotatable bonds is 7. The summed E-state index contributed by atoms with van der Waals surface area (Å²) in [4.78, 5) is 36.8. The van der Waals surface area contributed by atoms with Crippen LogP contribution in [-0.2, 0) is 20.8 Å². The molecule has 0 spiro atoms. The highest BCUT2D eigenvalue weighted by Gasteiger charge is 2.22. The van der Waals surface area contributed by atoms with Crippen molar-refractivity contribution in [1.82, 2.24) is 15.5 Å². The van der Waals surface area contributed by atoms with E-state index in [1.807, 2.05) is 0 Å². The summed E-state index contributed by atoms with van der Waals surface area (Å²) in [5, 5.41) is 14.5. The van der Waals surface area contributed by atoms with Crippen LogP contribution in [0.1, 0.15) is 24.6 Å². The average Bonchev–Trinajstić information content (AvgIpc) is 2.71. The number of primary amides is 1. The van der Waals surface area contributed by atoms with Crippen LogP contribution in [0.25, 0.3) is 0 Å². The summed E-state index contributed by atoms with van der Waals surface area (Å²) >= 11 is 0. The smallest absolute Gasteiger partial charge is 0.326 e. The van der Waals surface area contributed by atoms with Crippen LogP contribution in [0, 0.1) is 6.92 Å². The van der Waals surface area contributed by atoms with Crippen LogP contribution >= 0.6 is 0 Å². The molecule has 1 heterocycles. The Morgan fingerprint density at radius 3 is 2.63 bits per heavy atom. The summed E-state index contributed by atoms with van der Waals surface area (Å²) in [5.41, 5.74) is 4.89. The third-order valence-electron chi connectivity index (χ3n) is 2.17. The van der Waals surface area contributed by atoms with Crippen molar-refractivity contribution in [3.8, 4) is 0 Å². The van der Waals surface area contributed by atoms with Crippen molar-refractivity contribution < 1.29 is 24.0 Å². The van der Waals surface area contributed by atoms with Gasteiger partial charge in [0.05, 0.1) is 6.42 Å². The van der Waals surface area contributed by atoms with E-state index in [0.717, 1.165) is 0 Å². The predicted molar refractivity (Wildman–Crippen MR) is 60.7 cm³/mol. The number of nitrogens with one attached hydrogen (secondary N) is 1. The molecule has 1 aromatic rings. The van der Waals surface area contributed by atoms with E-state index in [-0.39, 0.29) is 18.7 Å². The van der Waals surface area contributed by atoms with Gasteiger partial charge in [-0.15, -0.1) is 0 Å². The molecule has 2 amide bonds. The lowest BCUT2D eigenvalue weighted by Crippen LogP contribution is -2.43. The molecule has 4 N–H and O–H groups in total. The van der Waals surface area contributed by atoms with Gasteiger partial charge >= 0.3 is 5.97 Å². The van der Waals surface area contributed by atoms with Gasteiger partial charge in [-0.25, -0.2) is 4.79 Å². The topological polar surface area (TPSA) is 148 Å². The second-order valence-corrected chi connectivity index (χ2v) is 3.86. The number of amides is 2. The number of aromatic nitrogens is 2. The summed E-state index contributed by atoms with van der Waals surface area (Å²) < 4.78 is 4.80. The van der Waals surface area contributed by atoms with E-state index in [0.29, 0.717) is 5.82 Å². The minimum atomic E-state index is -1.32. The molecule has 0 aliphatic rings. The SMILES string of the molecule is Cc1noc(CCC(=O)N[C@H](CC(N)=O)C(=O)O)n1. The van der Waals surface area contributed by atoms with Gasteiger partial charge < -0.3 is 20.7 Å². The third kappa shape index (κ3) is 5.15. The van der Waals surface area contributed by atoms with Crippen LogP contribution in [0.5, 0.6) is 0 Å². The first-order valence-electron chi connectivity index (χ1n) is 5.48. The fraction of sp³-hybridized carbons (Fsp3) is 0.500. The Morgan fingerprint density at radius 1 is 1.47 bits per heavy atom. The number of nitrogens with two attached hydrogens (primary N) is 1. The average molecular weight is 270 g/mol. The number of hydrogen-bond donors (Lipinski definition) is 3. The molecule has 19 heavy (non-hydrogen) atoms. The summed E-state index contributed by atoms with van der Waals surface area (Å²) in [6.07, 6.45) is -0.291. The molecule has 0 aromatic carbocycles. The standard InChI is InChI=1S/C10H14N4O5/c1-5-12-9(19-14-5)3-2-8(16)13-6(10(17)18)4-7(11)15/h6H,2-4H2,1H3,(H2,11,15)(H,13,16)(H,17,18)/t6-/m1/s1. The van der Waals surface area contributed by atoms with Gasteiger partial charge in [-0.1, -0.05) is 5.16 Å². The lowest BCUT2D eigenvalue weighted by Gasteiger charge is -2.12. The number of hydrogen-bond acceptors (Lipinski definition) is 6. The molecule has 0 aliphatic carbocycles. The number of aryl methyl sites for hydroxylation is 2. The second-order valence-electron chi connectivity index (χ2n) is 3.86. The Balaban J connectivity index is 2.44. The number of nitrogens with zero attached hydrogens (tertiary/aromatic N) is 2. The number of aliphatic carboxylic acids is 1.